The summed E-state index contributed by atoms with van der Waals surface area (Å²) in [4.78, 5) is 22.9. The van der Waals surface area contributed by atoms with Gasteiger partial charge in [-0.1, -0.05) is 0 Å². The Bertz CT molecular complexity index is 373. The van der Waals surface area contributed by atoms with E-state index in [9.17, 15) is 14.7 Å². The number of carboxylic acids is 1. The van der Waals surface area contributed by atoms with Gasteiger partial charge in [0.25, 0.3) is 0 Å². The van der Waals surface area contributed by atoms with Crippen LogP contribution in [0.25, 0.3) is 0 Å². The SMILES string of the molecule is CCN(CCCC(=O)[O-])c1ccc(C=O)cc1. The summed E-state index contributed by atoms with van der Waals surface area (Å²) in [5.74, 6) is -1.02. The molecular weight excluding hydrogens is 218 g/mol. The fraction of sp³-hybridized carbons (Fsp3) is 0.385. The number of rotatable bonds is 7. The van der Waals surface area contributed by atoms with Crippen LogP contribution >= 0.6 is 0 Å². The smallest absolute Gasteiger partial charge is 0.150 e. The minimum Gasteiger partial charge on any atom is -0.550 e. The van der Waals surface area contributed by atoms with Gasteiger partial charge in [-0.15, -0.1) is 0 Å². The molecule has 0 aliphatic rings. The minimum atomic E-state index is -1.02. The van der Waals surface area contributed by atoms with E-state index in [-0.39, 0.29) is 6.42 Å². The summed E-state index contributed by atoms with van der Waals surface area (Å²) in [7, 11) is 0. The van der Waals surface area contributed by atoms with Crippen molar-refractivity contribution in [1.29, 1.82) is 0 Å². The number of carboxylic acid groups (broad SMARTS) is 1. The van der Waals surface area contributed by atoms with Crippen molar-refractivity contribution in [3.05, 3.63) is 29.8 Å². The highest BCUT2D eigenvalue weighted by Crippen LogP contribution is 2.15. The van der Waals surface area contributed by atoms with Crippen LogP contribution in [0, 0.1) is 0 Å². The number of aldehydes is 1. The number of carbonyl (C=O) groups excluding carboxylic acids is 2. The number of hydrogen-bond acceptors (Lipinski definition) is 4. The average Bonchev–Trinajstić information content (AvgIpc) is 2.34. The molecule has 0 radical (unpaired) electrons. The van der Waals surface area contributed by atoms with E-state index < -0.39 is 5.97 Å². The largest absolute Gasteiger partial charge is 0.550 e. The van der Waals surface area contributed by atoms with Gasteiger partial charge < -0.3 is 14.8 Å². The van der Waals surface area contributed by atoms with Gasteiger partial charge in [-0.25, -0.2) is 0 Å². The Hall–Kier alpha value is -1.84. The van der Waals surface area contributed by atoms with Crippen molar-refractivity contribution in [2.45, 2.75) is 19.8 Å². The first-order chi connectivity index (χ1) is 8.17. The number of hydrogen-bond donors (Lipinski definition) is 0. The quantitative estimate of drug-likeness (QED) is 0.656. The maximum Gasteiger partial charge on any atom is 0.150 e. The van der Waals surface area contributed by atoms with Crippen molar-refractivity contribution in [2.75, 3.05) is 18.0 Å². The number of benzene rings is 1. The van der Waals surface area contributed by atoms with Crippen molar-refractivity contribution in [1.82, 2.24) is 0 Å². The fourth-order valence-electron chi connectivity index (χ4n) is 1.65. The second-order valence-corrected chi connectivity index (χ2v) is 3.76. The van der Waals surface area contributed by atoms with E-state index in [4.69, 9.17) is 0 Å². The Morgan fingerprint density at radius 3 is 2.47 bits per heavy atom. The summed E-state index contributed by atoms with van der Waals surface area (Å²) in [6.07, 6.45) is 1.44. The van der Waals surface area contributed by atoms with Crippen LogP contribution in [0.3, 0.4) is 0 Å². The molecular formula is C13H16NO3-. The topological polar surface area (TPSA) is 60.4 Å². The van der Waals surface area contributed by atoms with Gasteiger partial charge in [0, 0.05) is 30.3 Å². The van der Waals surface area contributed by atoms with Crippen molar-refractivity contribution in [3.8, 4) is 0 Å². The van der Waals surface area contributed by atoms with Gasteiger partial charge in [0.1, 0.15) is 6.29 Å². The third-order valence-electron chi connectivity index (χ3n) is 2.58. The molecule has 0 aromatic heterocycles. The van der Waals surface area contributed by atoms with Crippen LogP contribution in [0.4, 0.5) is 5.69 Å². The number of anilines is 1. The van der Waals surface area contributed by atoms with Gasteiger partial charge >= 0.3 is 0 Å². The third-order valence-corrected chi connectivity index (χ3v) is 2.58. The zero-order chi connectivity index (χ0) is 12.7. The van der Waals surface area contributed by atoms with Crippen molar-refractivity contribution >= 4 is 17.9 Å². The molecule has 0 amide bonds. The highest BCUT2D eigenvalue weighted by molar-refractivity contribution is 5.75. The molecule has 0 atom stereocenters. The number of carbonyl (C=O) groups is 2. The molecule has 0 saturated heterocycles. The Morgan fingerprint density at radius 1 is 1.35 bits per heavy atom. The van der Waals surface area contributed by atoms with Crippen LogP contribution in [-0.2, 0) is 4.79 Å². The molecule has 0 aliphatic carbocycles. The van der Waals surface area contributed by atoms with E-state index in [1.54, 1.807) is 12.1 Å². The lowest BCUT2D eigenvalue weighted by atomic mass is 10.2. The molecule has 0 saturated carbocycles. The highest BCUT2D eigenvalue weighted by Gasteiger charge is 2.03. The van der Waals surface area contributed by atoms with E-state index in [0.717, 1.165) is 18.5 Å². The Labute approximate surface area is 101 Å². The predicted molar refractivity (Wildman–Crippen MR) is 64.0 cm³/mol. The Balaban J connectivity index is 2.59. The summed E-state index contributed by atoms with van der Waals surface area (Å²) >= 11 is 0. The van der Waals surface area contributed by atoms with Gasteiger partial charge in [0.05, 0.1) is 0 Å². The first-order valence-electron chi connectivity index (χ1n) is 5.67. The molecule has 1 aromatic rings. The van der Waals surface area contributed by atoms with Gasteiger partial charge in [0.15, 0.2) is 0 Å². The van der Waals surface area contributed by atoms with Crippen LogP contribution < -0.4 is 10.0 Å². The van der Waals surface area contributed by atoms with Crippen molar-refractivity contribution in [2.24, 2.45) is 0 Å². The molecule has 1 rings (SSSR count). The maximum absolute atomic E-state index is 10.5. The normalized spacial score (nSPS) is 9.94. The van der Waals surface area contributed by atoms with Crippen molar-refractivity contribution in [3.63, 3.8) is 0 Å². The molecule has 4 heteroatoms. The minimum absolute atomic E-state index is 0.0723. The first-order valence-corrected chi connectivity index (χ1v) is 5.67. The summed E-state index contributed by atoms with van der Waals surface area (Å²) in [5, 5.41) is 10.3. The molecule has 0 unspecified atom stereocenters. The molecule has 0 heterocycles. The first kappa shape index (κ1) is 13.2. The summed E-state index contributed by atoms with van der Waals surface area (Å²) < 4.78 is 0. The average molecular weight is 234 g/mol. The second kappa shape index (κ2) is 6.68. The fourth-order valence-corrected chi connectivity index (χ4v) is 1.65. The summed E-state index contributed by atoms with van der Waals surface area (Å²) in [5.41, 5.74) is 1.64. The monoisotopic (exact) mass is 234 g/mol. The molecule has 0 aliphatic heterocycles. The second-order valence-electron chi connectivity index (χ2n) is 3.76. The van der Waals surface area contributed by atoms with Crippen molar-refractivity contribution < 1.29 is 14.7 Å². The van der Waals surface area contributed by atoms with Crippen LogP contribution in [0.5, 0.6) is 0 Å². The lowest BCUT2D eigenvalue weighted by Gasteiger charge is -2.23. The van der Waals surface area contributed by atoms with E-state index >= 15 is 0 Å². The zero-order valence-electron chi connectivity index (χ0n) is 9.89. The van der Waals surface area contributed by atoms with Gasteiger partial charge in [-0.2, -0.15) is 0 Å². The molecule has 0 N–H and O–H groups in total. The van der Waals surface area contributed by atoms with Gasteiger partial charge in [0.2, 0.25) is 0 Å². The highest BCUT2D eigenvalue weighted by atomic mass is 16.4. The lowest BCUT2D eigenvalue weighted by molar-refractivity contribution is -0.305. The summed E-state index contributed by atoms with van der Waals surface area (Å²) in [6, 6.07) is 7.24. The standard InChI is InChI=1S/C13H17NO3/c1-2-14(9-3-4-13(16)17)12-7-5-11(10-15)6-8-12/h5-8,10H,2-4,9H2,1H3,(H,16,17)/p-1. The molecule has 0 fully saturated rings. The van der Waals surface area contributed by atoms with Crippen LogP contribution in [0.2, 0.25) is 0 Å². The molecule has 0 spiro atoms. The van der Waals surface area contributed by atoms with E-state index in [1.165, 1.54) is 0 Å². The van der Waals surface area contributed by atoms with E-state index in [2.05, 4.69) is 4.90 Å². The maximum atomic E-state index is 10.5. The molecule has 1 aromatic carbocycles. The molecule has 0 bridgehead atoms. The van der Waals surface area contributed by atoms with Gasteiger partial charge in [-0.05, 0) is 44.0 Å². The lowest BCUT2D eigenvalue weighted by Crippen LogP contribution is -2.27. The van der Waals surface area contributed by atoms with Gasteiger partial charge in [-0.3, -0.25) is 4.79 Å². The van der Waals surface area contributed by atoms with Crippen LogP contribution in [-0.4, -0.2) is 25.3 Å². The van der Waals surface area contributed by atoms with Crippen LogP contribution in [0.1, 0.15) is 30.1 Å². The Kier molecular flexibility index (Phi) is 5.20. The van der Waals surface area contributed by atoms with E-state index in [0.29, 0.717) is 18.5 Å². The zero-order valence-corrected chi connectivity index (χ0v) is 9.89. The third kappa shape index (κ3) is 4.26. The van der Waals surface area contributed by atoms with Crippen LogP contribution in [0.15, 0.2) is 24.3 Å². The number of nitrogens with zero attached hydrogens (tertiary/aromatic N) is 1. The molecule has 92 valence electrons. The summed E-state index contributed by atoms with van der Waals surface area (Å²) in [6.45, 7) is 3.48. The Morgan fingerprint density at radius 2 is 2.00 bits per heavy atom. The number of aliphatic carboxylic acids is 1. The predicted octanol–water partition coefficient (Wildman–Crippen LogP) is 0.855. The molecule has 17 heavy (non-hydrogen) atoms. The molecule has 4 nitrogen and oxygen atoms in total. The van der Waals surface area contributed by atoms with E-state index in [1.807, 2.05) is 19.1 Å².